The summed E-state index contributed by atoms with van der Waals surface area (Å²) in [7, 11) is 0. The lowest BCUT2D eigenvalue weighted by molar-refractivity contribution is 0.534. The molecule has 2 aliphatic rings. The van der Waals surface area contributed by atoms with Gasteiger partial charge in [0.1, 0.15) is 18.0 Å². The predicted octanol–water partition coefficient (Wildman–Crippen LogP) is 5.38. The number of anilines is 2. The standard InChI is InChI=1S/C27H29FN6/c1-19-6-12-22(13-7-19)32-14-16-33(17-15-32)26-24-27(30-18-29-26)34(23-4-2-3-5-23)25(31-24)20-8-10-21(28)11-9-20/h6-13,18,23H,2-5,14-17H2,1H3. The minimum atomic E-state index is -0.237. The minimum Gasteiger partial charge on any atom is -0.368 e. The molecule has 0 N–H and O–H groups in total. The third kappa shape index (κ3) is 3.79. The maximum absolute atomic E-state index is 13.6. The molecule has 1 aliphatic heterocycles. The number of piperazine rings is 1. The van der Waals surface area contributed by atoms with Gasteiger partial charge in [-0.15, -0.1) is 0 Å². The molecule has 4 aromatic rings. The third-order valence-electron chi connectivity index (χ3n) is 7.23. The van der Waals surface area contributed by atoms with Crippen molar-refractivity contribution in [2.45, 2.75) is 38.6 Å². The van der Waals surface area contributed by atoms with Gasteiger partial charge in [0.15, 0.2) is 17.0 Å². The van der Waals surface area contributed by atoms with E-state index in [1.807, 2.05) is 12.1 Å². The smallest absolute Gasteiger partial charge is 0.166 e. The van der Waals surface area contributed by atoms with Gasteiger partial charge in [0.25, 0.3) is 0 Å². The number of halogens is 1. The highest BCUT2D eigenvalue weighted by molar-refractivity contribution is 5.87. The van der Waals surface area contributed by atoms with E-state index in [-0.39, 0.29) is 5.82 Å². The van der Waals surface area contributed by atoms with Gasteiger partial charge in [0, 0.05) is 43.5 Å². The van der Waals surface area contributed by atoms with E-state index >= 15 is 0 Å². The molecule has 2 aromatic heterocycles. The molecule has 0 atom stereocenters. The summed E-state index contributed by atoms with van der Waals surface area (Å²) in [6.07, 6.45) is 6.34. The first-order valence-corrected chi connectivity index (χ1v) is 12.2. The van der Waals surface area contributed by atoms with Crippen molar-refractivity contribution in [2.75, 3.05) is 36.0 Å². The molecule has 0 unspecified atom stereocenters. The second kappa shape index (κ2) is 8.70. The van der Waals surface area contributed by atoms with Crippen LogP contribution in [-0.4, -0.2) is 45.7 Å². The van der Waals surface area contributed by atoms with Gasteiger partial charge in [-0.2, -0.15) is 0 Å². The fourth-order valence-corrected chi connectivity index (χ4v) is 5.37. The minimum absolute atomic E-state index is 0.237. The Morgan fingerprint density at radius 3 is 2.21 bits per heavy atom. The van der Waals surface area contributed by atoms with E-state index in [4.69, 9.17) is 9.97 Å². The van der Waals surface area contributed by atoms with Crippen LogP contribution in [0.15, 0.2) is 54.9 Å². The monoisotopic (exact) mass is 456 g/mol. The number of benzene rings is 2. The zero-order chi connectivity index (χ0) is 23.1. The van der Waals surface area contributed by atoms with E-state index in [1.54, 1.807) is 6.33 Å². The topological polar surface area (TPSA) is 50.1 Å². The van der Waals surface area contributed by atoms with Crippen LogP contribution >= 0.6 is 0 Å². The highest BCUT2D eigenvalue weighted by Gasteiger charge is 2.28. The molecule has 0 bridgehead atoms. The Labute approximate surface area is 199 Å². The van der Waals surface area contributed by atoms with E-state index in [2.05, 4.69) is 50.5 Å². The molecule has 3 heterocycles. The average molecular weight is 457 g/mol. The van der Waals surface area contributed by atoms with Crippen LogP contribution in [0.2, 0.25) is 0 Å². The number of hydrogen-bond acceptors (Lipinski definition) is 5. The molecule has 1 saturated carbocycles. The summed E-state index contributed by atoms with van der Waals surface area (Å²) < 4.78 is 15.9. The molecular formula is C27H29FN6. The molecule has 6 nitrogen and oxygen atoms in total. The Bertz CT molecular complexity index is 1280. The SMILES string of the molecule is Cc1ccc(N2CCN(c3ncnc4c3nc(-c3ccc(F)cc3)n4C3CCCC3)CC2)cc1. The van der Waals surface area contributed by atoms with E-state index in [1.165, 1.54) is 36.2 Å². The largest absolute Gasteiger partial charge is 0.368 e. The number of hydrogen-bond donors (Lipinski definition) is 0. The summed E-state index contributed by atoms with van der Waals surface area (Å²) in [5, 5.41) is 0. The Kier molecular flexibility index (Phi) is 5.40. The zero-order valence-corrected chi connectivity index (χ0v) is 19.5. The fourth-order valence-electron chi connectivity index (χ4n) is 5.37. The molecule has 0 amide bonds. The summed E-state index contributed by atoms with van der Waals surface area (Å²) in [4.78, 5) is 19.2. The van der Waals surface area contributed by atoms with Crippen LogP contribution in [0.5, 0.6) is 0 Å². The lowest BCUT2D eigenvalue weighted by atomic mass is 10.2. The van der Waals surface area contributed by atoms with Crippen molar-refractivity contribution >= 4 is 22.7 Å². The first-order valence-electron chi connectivity index (χ1n) is 12.2. The second-order valence-electron chi connectivity index (χ2n) is 9.43. The lowest BCUT2D eigenvalue weighted by Gasteiger charge is -2.36. The van der Waals surface area contributed by atoms with E-state index in [0.717, 1.165) is 67.4 Å². The number of fused-ring (bicyclic) bond motifs is 1. The number of aryl methyl sites for hydroxylation is 1. The van der Waals surface area contributed by atoms with Crippen LogP contribution < -0.4 is 9.80 Å². The van der Waals surface area contributed by atoms with Crippen molar-refractivity contribution in [3.8, 4) is 11.4 Å². The Balaban J connectivity index is 1.35. The summed E-state index contributed by atoms with van der Waals surface area (Å²) >= 11 is 0. The van der Waals surface area contributed by atoms with Crippen molar-refractivity contribution in [3.63, 3.8) is 0 Å². The van der Waals surface area contributed by atoms with E-state index in [9.17, 15) is 4.39 Å². The van der Waals surface area contributed by atoms with Crippen molar-refractivity contribution in [2.24, 2.45) is 0 Å². The maximum Gasteiger partial charge on any atom is 0.166 e. The summed E-state index contributed by atoms with van der Waals surface area (Å²) in [5.41, 5.74) is 5.19. The Morgan fingerprint density at radius 1 is 0.824 bits per heavy atom. The number of nitrogens with zero attached hydrogens (tertiary/aromatic N) is 6. The average Bonchev–Trinajstić information content (AvgIpc) is 3.53. The molecule has 0 spiro atoms. The van der Waals surface area contributed by atoms with Gasteiger partial charge in [0.2, 0.25) is 0 Å². The molecule has 2 aromatic carbocycles. The molecule has 2 fully saturated rings. The summed E-state index contributed by atoms with van der Waals surface area (Å²) in [6, 6.07) is 15.7. The van der Waals surface area contributed by atoms with Gasteiger partial charge < -0.3 is 14.4 Å². The molecule has 7 heteroatoms. The third-order valence-corrected chi connectivity index (χ3v) is 7.23. The van der Waals surface area contributed by atoms with Gasteiger partial charge in [-0.05, 0) is 56.2 Å². The molecule has 1 aliphatic carbocycles. The first kappa shape index (κ1) is 21.1. The van der Waals surface area contributed by atoms with Gasteiger partial charge in [-0.25, -0.2) is 19.3 Å². The number of imidazole rings is 1. The van der Waals surface area contributed by atoms with Crippen LogP contribution in [0.4, 0.5) is 15.9 Å². The van der Waals surface area contributed by atoms with Gasteiger partial charge in [-0.1, -0.05) is 30.5 Å². The van der Waals surface area contributed by atoms with Crippen molar-refractivity contribution in [1.29, 1.82) is 0 Å². The zero-order valence-electron chi connectivity index (χ0n) is 19.5. The molecular weight excluding hydrogens is 427 g/mol. The number of rotatable bonds is 4. The predicted molar refractivity (Wildman–Crippen MR) is 134 cm³/mol. The molecule has 174 valence electrons. The van der Waals surface area contributed by atoms with Gasteiger partial charge in [0.05, 0.1) is 0 Å². The van der Waals surface area contributed by atoms with Crippen LogP contribution in [0.1, 0.15) is 37.3 Å². The molecule has 6 rings (SSSR count). The van der Waals surface area contributed by atoms with Crippen LogP contribution in [0.3, 0.4) is 0 Å². The maximum atomic E-state index is 13.6. The van der Waals surface area contributed by atoms with E-state index < -0.39 is 0 Å². The highest BCUT2D eigenvalue weighted by atomic mass is 19.1. The highest BCUT2D eigenvalue weighted by Crippen LogP contribution is 2.38. The molecule has 1 saturated heterocycles. The molecule has 0 radical (unpaired) electrons. The van der Waals surface area contributed by atoms with Crippen LogP contribution in [-0.2, 0) is 0 Å². The Hall–Kier alpha value is -3.48. The van der Waals surface area contributed by atoms with Crippen molar-refractivity contribution in [1.82, 2.24) is 19.5 Å². The molecule has 34 heavy (non-hydrogen) atoms. The first-order chi connectivity index (χ1) is 16.7. The summed E-state index contributed by atoms with van der Waals surface area (Å²) in [5.74, 6) is 1.52. The quantitative estimate of drug-likeness (QED) is 0.413. The summed E-state index contributed by atoms with van der Waals surface area (Å²) in [6.45, 7) is 5.74. The van der Waals surface area contributed by atoms with Crippen LogP contribution in [0.25, 0.3) is 22.6 Å². The fraction of sp³-hybridized carbons (Fsp3) is 0.370. The van der Waals surface area contributed by atoms with Gasteiger partial charge >= 0.3 is 0 Å². The van der Waals surface area contributed by atoms with Crippen LogP contribution in [0, 0.1) is 12.7 Å². The lowest BCUT2D eigenvalue weighted by Crippen LogP contribution is -2.47. The second-order valence-corrected chi connectivity index (χ2v) is 9.43. The van der Waals surface area contributed by atoms with Crippen molar-refractivity contribution < 1.29 is 4.39 Å². The van der Waals surface area contributed by atoms with E-state index in [0.29, 0.717) is 6.04 Å². The Morgan fingerprint density at radius 2 is 1.50 bits per heavy atom. The normalized spacial score (nSPS) is 17.1. The van der Waals surface area contributed by atoms with Gasteiger partial charge in [-0.3, -0.25) is 0 Å². The van der Waals surface area contributed by atoms with Crippen molar-refractivity contribution in [3.05, 3.63) is 66.2 Å². The number of aromatic nitrogens is 4.